The van der Waals surface area contributed by atoms with Crippen molar-refractivity contribution in [3.8, 4) is 22.4 Å². The summed E-state index contributed by atoms with van der Waals surface area (Å²) >= 11 is 12.3. The molecule has 1 atom stereocenters. The first-order valence-corrected chi connectivity index (χ1v) is 10.1. The molecule has 1 aliphatic carbocycles. The number of nitrogens with one attached hydrogen (secondary N) is 1. The van der Waals surface area contributed by atoms with E-state index in [0.29, 0.717) is 24.5 Å². The molecule has 4 rings (SSSR count). The fourth-order valence-electron chi connectivity index (χ4n) is 3.14. The Morgan fingerprint density at radius 3 is 2.66 bits per heavy atom. The second kappa shape index (κ2) is 7.76. The number of rotatable bonds is 6. The zero-order valence-corrected chi connectivity index (χ0v) is 17.2. The van der Waals surface area contributed by atoms with E-state index in [2.05, 4.69) is 10.3 Å². The smallest absolute Gasteiger partial charge is 0.225 e. The van der Waals surface area contributed by atoms with Crippen molar-refractivity contribution in [3.05, 3.63) is 54.6 Å². The predicted molar refractivity (Wildman–Crippen MR) is 112 cm³/mol. The maximum Gasteiger partial charge on any atom is 0.225 e. The molecule has 1 amide bonds. The molecule has 1 aromatic carbocycles. The van der Waals surface area contributed by atoms with Crippen molar-refractivity contribution >= 4 is 34.9 Å². The van der Waals surface area contributed by atoms with Gasteiger partial charge in [-0.2, -0.15) is 5.10 Å². The first-order chi connectivity index (χ1) is 13.9. The van der Waals surface area contributed by atoms with Crippen LogP contribution in [0.5, 0.6) is 0 Å². The largest absolute Gasteiger partial charge is 0.311 e. The van der Waals surface area contributed by atoms with Gasteiger partial charge < -0.3 is 5.32 Å². The van der Waals surface area contributed by atoms with Crippen LogP contribution >= 0.6 is 23.2 Å². The Morgan fingerprint density at radius 1 is 1.28 bits per heavy atom. The molecule has 0 saturated heterocycles. The molecule has 29 heavy (non-hydrogen) atoms. The summed E-state index contributed by atoms with van der Waals surface area (Å²) in [5, 5.41) is 7.47. The molecule has 1 fully saturated rings. The summed E-state index contributed by atoms with van der Waals surface area (Å²) in [5.74, 6) is 0.181. The number of carbonyl (C=O) groups excluding carboxylic acids is 1. The number of hydrogen-bond donors (Lipinski definition) is 1. The van der Waals surface area contributed by atoms with Crippen molar-refractivity contribution in [2.75, 3.05) is 5.32 Å². The number of benzene rings is 1. The van der Waals surface area contributed by atoms with Crippen molar-refractivity contribution < 1.29 is 9.18 Å². The van der Waals surface area contributed by atoms with Crippen LogP contribution in [0.15, 0.2) is 48.8 Å². The van der Waals surface area contributed by atoms with Crippen molar-refractivity contribution in [2.24, 2.45) is 5.92 Å². The van der Waals surface area contributed by atoms with Crippen LogP contribution < -0.4 is 5.32 Å². The fraction of sp³-hybridized carbons (Fsp3) is 0.286. The summed E-state index contributed by atoms with van der Waals surface area (Å²) in [4.78, 5) is 15.9. The second-order valence-electron chi connectivity index (χ2n) is 7.11. The number of halogens is 3. The van der Waals surface area contributed by atoms with Gasteiger partial charge >= 0.3 is 0 Å². The minimum Gasteiger partial charge on any atom is -0.311 e. The van der Waals surface area contributed by atoms with Gasteiger partial charge in [-0.05, 0) is 48.4 Å². The third-order valence-electron chi connectivity index (χ3n) is 4.90. The number of alkyl halides is 2. The van der Waals surface area contributed by atoms with Gasteiger partial charge in [0.2, 0.25) is 5.91 Å². The van der Waals surface area contributed by atoms with Gasteiger partial charge in [0.1, 0.15) is 21.7 Å². The number of pyridine rings is 1. The van der Waals surface area contributed by atoms with Crippen LogP contribution in [-0.2, 0) is 11.3 Å². The van der Waals surface area contributed by atoms with Crippen LogP contribution in [0.25, 0.3) is 22.4 Å². The summed E-state index contributed by atoms with van der Waals surface area (Å²) in [6, 6.07) is 9.84. The first kappa shape index (κ1) is 19.9. The third kappa shape index (κ3) is 4.43. The van der Waals surface area contributed by atoms with Gasteiger partial charge in [-0.3, -0.25) is 9.48 Å². The number of aromatic nitrogens is 3. The topological polar surface area (TPSA) is 59.8 Å². The highest BCUT2D eigenvalue weighted by molar-refractivity contribution is 6.50. The molecule has 1 aliphatic rings. The molecule has 0 spiro atoms. The van der Waals surface area contributed by atoms with Gasteiger partial charge in [0.05, 0.1) is 0 Å². The minimum absolute atomic E-state index is 0.113. The van der Waals surface area contributed by atoms with E-state index in [9.17, 15) is 9.18 Å². The summed E-state index contributed by atoms with van der Waals surface area (Å²) in [7, 11) is 0. The van der Waals surface area contributed by atoms with Gasteiger partial charge in [0, 0.05) is 42.4 Å². The molecule has 0 bridgehead atoms. The molecule has 2 heterocycles. The predicted octanol–water partition coefficient (Wildman–Crippen LogP) is 5.29. The van der Waals surface area contributed by atoms with Gasteiger partial charge in [0.15, 0.2) is 0 Å². The van der Waals surface area contributed by atoms with E-state index in [1.54, 1.807) is 31.3 Å². The molecule has 5 nitrogen and oxygen atoms in total. The number of carbonyl (C=O) groups is 1. The second-order valence-corrected chi connectivity index (χ2v) is 8.66. The molecule has 150 valence electrons. The normalized spacial score (nSPS) is 17.2. The standard InChI is InChI=1S/C21H19Cl2FN4O/c1-2-19(29)26-18-9-14(7-8-25-18)17-12-28(11-15-10-21(15,22)23)27-20(17)13-3-5-16(24)6-4-13/h3-9,12,15H,2,10-11H2,1H3,(H,25,26,29). The Kier molecular flexibility index (Phi) is 5.32. The number of amides is 1. The molecule has 1 saturated carbocycles. The summed E-state index contributed by atoms with van der Waals surface area (Å²) < 4.78 is 14.5. The lowest BCUT2D eigenvalue weighted by Gasteiger charge is -2.06. The Hall–Kier alpha value is -2.44. The molecular weight excluding hydrogens is 414 g/mol. The van der Waals surface area contributed by atoms with E-state index < -0.39 is 4.33 Å². The number of anilines is 1. The maximum absolute atomic E-state index is 13.4. The number of nitrogens with zero attached hydrogens (tertiary/aromatic N) is 3. The highest BCUT2D eigenvalue weighted by Gasteiger charge is 2.51. The van der Waals surface area contributed by atoms with Gasteiger partial charge in [-0.25, -0.2) is 9.37 Å². The highest BCUT2D eigenvalue weighted by atomic mass is 35.5. The van der Waals surface area contributed by atoms with E-state index in [0.717, 1.165) is 23.1 Å². The summed E-state index contributed by atoms with van der Waals surface area (Å²) in [6.45, 7) is 2.37. The van der Waals surface area contributed by atoms with E-state index in [1.165, 1.54) is 12.1 Å². The Bertz CT molecular complexity index is 1050. The van der Waals surface area contributed by atoms with Crippen LogP contribution in [-0.4, -0.2) is 25.0 Å². The third-order valence-corrected chi connectivity index (χ3v) is 5.83. The van der Waals surface area contributed by atoms with Crippen LogP contribution in [0.4, 0.5) is 10.2 Å². The average molecular weight is 433 g/mol. The maximum atomic E-state index is 13.4. The van der Waals surface area contributed by atoms with E-state index in [1.807, 2.05) is 16.9 Å². The zero-order chi connectivity index (χ0) is 20.6. The van der Waals surface area contributed by atoms with Crippen molar-refractivity contribution in [1.29, 1.82) is 0 Å². The minimum atomic E-state index is -0.698. The van der Waals surface area contributed by atoms with E-state index >= 15 is 0 Å². The Balaban J connectivity index is 1.72. The van der Waals surface area contributed by atoms with Crippen LogP contribution in [0, 0.1) is 11.7 Å². The Labute approximate surface area is 177 Å². The van der Waals surface area contributed by atoms with Crippen LogP contribution in [0.2, 0.25) is 0 Å². The van der Waals surface area contributed by atoms with Crippen molar-refractivity contribution in [2.45, 2.75) is 30.6 Å². The van der Waals surface area contributed by atoms with Gasteiger partial charge in [0.25, 0.3) is 0 Å². The SMILES string of the molecule is CCC(=O)Nc1cc(-c2cn(CC3CC3(Cl)Cl)nc2-c2ccc(F)cc2)ccn1. The first-order valence-electron chi connectivity index (χ1n) is 9.33. The van der Waals surface area contributed by atoms with E-state index in [-0.39, 0.29) is 17.6 Å². The molecule has 0 aliphatic heterocycles. The van der Waals surface area contributed by atoms with Crippen LogP contribution in [0.1, 0.15) is 19.8 Å². The lowest BCUT2D eigenvalue weighted by atomic mass is 10.0. The molecule has 1 N–H and O–H groups in total. The molecule has 0 radical (unpaired) electrons. The molecule has 1 unspecified atom stereocenters. The average Bonchev–Trinajstić information content (AvgIpc) is 3.10. The van der Waals surface area contributed by atoms with E-state index in [4.69, 9.17) is 28.3 Å². The fourth-order valence-corrected chi connectivity index (χ4v) is 3.65. The van der Waals surface area contributed by atoms with Crippen molar-refractivity contribution in [1.82, 2.24) is 14.8 Å². The monoisotopic (exact) mass is 432 g/mol. The Morgan fingerprint density at radius 2 is 2.00 bits per heavy atom. The van der Waals surface area contributed by atoms with Gasteiger partial charge in [-0.15, -0.1) is 23.2 Å². The lowest BCUT2D eigenvalue weighted by molar-refractivity contribution is -0.115. The molecule has 2 aromatic heterocycles. The zero-order valence-electron chi connectivity index (χ0n) is 15.7. The van der Waals surface area contributed by atoms with Crippen LogP contribution in [0.3, 0.4) is 0 Å². The lowest BCUT2D eigenvalue weighted by Crippen LogP contribution is -2.10. The van der Waals surface area contributed by atoms with Crippen molar-refractivity contribution in [3.63, 3.8) is 0 Å². The highest BCUT2D eigenvalue weighted by Crippen LogP contribution is 2.54. The quantitative estimate of drug-likeness (QED) is 0.538. The molecular formula is C21H19Cl2FN4O. The van der Waals surface area contributed by atoms with Gasteiger partial charge in [-0.1, -0.05) is 6.92 Å². The molecule has 3 aromatic rings. The number of hydrogen-bond acceptors (Lipinski definition) is 3. The summed E-state index contributed by atoms with van der Waals surface area (Å²) in [5.41, 5.74) is 3.19. The molecule has 8 heteroatoms. The summed E-state index contributed by atoms with van der Waals surface area (Å²) in [6.07, 6.45) is 4.64.